The molecular weight excluding hydrogens is 378 g/mol. The number of carbonyl (C=O) groups excluding carboxylic acids is 1. The average Bonchev–Trinajstić information content (AvgIpc) is 3.15. The Kier molecular flexibility index (Phi) is 5.53. The maximum Gasteiger partial charge on any atom is 0.246 e. The number of amides is 1. The van der Waals surface area contributed by atoms with E-state index in [0.717, 1.165) is 29.1 Å². The molecule has 1 fully saturated rings. The van der Waals surface area contributed by atoms with Gasteiger partial charge in [0.15, 0.2) is 5.82 Å². The maximum atomic E-state index is 13.8. The lowest BCUT2D eigenvalue weighted by molar-refractivity contribution is -0.116. The first-order chi connectivity index (χ1) is 14.1. The van der Waals surface area contributed by atoms with Gasteiger partial charge >= 0.3 is 0 Å². The molecule has 0 radical (unpaired) electrons. The Morgan fingerprint density at radius 3 is 2.59 bits per heavy atom. The van der Waals surface area contributed by atoms with Crippen LogP contribution in [0.25, 0.3) is 11.1 Å². The summed E-state index contributed by atoms with van der Waals surface area (Å²) in [6.07, 6.45) is 1.81. The number of carbonyl (C=O) groups is 1. The number of aromatic nitrogens is 2. The molecule has 0 bridgehead atoms. The Morgan fingerprint density at radius 1 is 1.10 bits per heavy atom. The third-order valence-corrected chi connectivity index (χ3v) is 4.65. The fourth-order valence-corrected chi connectivity index (χ4v) is 3.25. The van der Waals surface area contributed by atoms with E-state index in [1.54, 1.807) is 6.20 Å². The third kappa shape index (κ3) is 4.43. The summed E-state index contributed by atoms with van der Waals surface area (Å²) < 4.78 is 33.8. The second-order valence-corrected chi connectivity index (χ2v) is 6.70. The Labute approximate surface area is 166 Å². The molecule has 1 saturated heterocycles. The number of anilines is 2. The molecule has 1 N–H and O–H groups in total. The lowest BCUT2D eigenvalue weighted by Crippen LogP contribution is -2.36. The Bertz CT molecular complexity index is 1000. The predicted octanol–water partition coefficient (Wildman–Crippen LogP) is 3.30. The molecule has 0 spiro atoms. The van der Waals surface area contributed by atoms with E-state index in [2.05, 4.69) is 15.3 Å². The number of hydrogen-bond acceptors (Lipinski definition) is 4. The highest BCUT2D eigenvalue weighted by Crippen LogP contribution is 2.30. The summed E-state index contributed by atoms with van der Waals surface area (Å²) in [5.41, 5.74) is 1.83. The number of rotatable bonds is 5. The van der Waals surface area contributed by atoms with E-state index in [-0.39, 0.29) is 12.2 Å². The average molecular weight is 398 g/mol. The minimum atomic E-state index is -0.821. The van der Waals surface area contributed by atoms with E-state index in [9.17, 15) is 13.6 Å². The molecule has 1 aliphatic rings. The van der Waals surface area contributed by atoms with Crippen LogP contribution < -0.4 is 10.2 Å². The standard InChI is InChI=1S/C21H20F2N4O2/c22-16-6-7-19(18(23)12-16)24-20(28)14-27-13-17(15-4-2-1-3-5-15)21(25-27)26-8-10-29-11-9-26/h1-7,12-13H,8-11,14H2,(H,24,28). The number of morpholine rings is 1. The Balaban J connectivity index is 1.57. The largest absolute Gasteiger partial charge is 0.378 e. The van der Waals surface area contributed by atoms with Crippen molar-refractivity contribution in [3.8, 4) is 11.1 Å². The van der Waals surface area contributed by atoms with Gasteiger partial charge in [-0.15, -0.1) is 0 Å². The summed E-state index contributed by atoms with van der Waals surface area (Å²) in [7, 11) is 0. The summed E-state index contributed by atoms with van der Waals surface area (Å²) in [4.78, 5) is 14.5. The van der Waals surface area contributed by atoms with Gasteiger partial charge in [-0.1, -0.05) is 30.3 Å². The topological polar surface area (TPSA) is 59.4 Å². The molecule has 150 valence electrons. The highest BCUT2D eigenvalue weighted by Gasteiger charge is 2.20. The minimum absolute atomic E-state index is 0.0692. The molecule has 2 heterocycles. The zero-order valence-corrected chi connectivity index (χ0v) is 15.6. The van der Waals surface area contributed by atoms with Crippen LogP contribution in [-0.4, -0.2) is 42.0 Å². The summed E-state index contributed by atoms with van der Waals surface area (Å²) in [5, 5.41) is 7.06. The van der Waals surface area contributed by atoms with Crippen LogP contribution >= 0.6 is 0 Å². The first-order valence-corrected chi connectivity index (χ1v) is 9.30. The van der Waals surface area contributed by atoms with E-state index in [4.69, 9.17) is 4.74 Å². The van der Waals surface area contributed by atoms with Gasteiger partial charge < -0.3 is 15.0 Å². The number of nitrogens with zero attached hydrogens (tertiary/aromatic N) is 3. The number of ether oxygens (including phenoxy) is 1. The van der Waals surface area contributed by atoms with Gasteiger partial charge in [-0.3, -0.25) is 9.48 Å². The second kappa shape index (κ2) is 8.40. The molecule has 1 amide bonds. The molecule has 8 heteroatoms. The highest BCUT2D eigenvalue weighted by atomic mass is 19.1. The van der Waals surface area contributed by atoms with Gasteiger partial charge in [-0.2, -0.15) is 5.10 Å². The molecule has 3 aromatic rings. The van der Waals surface area contributed by atoms with Crippen LogP contribution in [0.2, 0.25) is 0 Å². The van der Waals surface area contributed by atoms with Gasteiger partial charge in [-0.05, 0) is 17.7 Å². The summed E-state index contributed by atoms with van der Waals surface area (Å²) in [6.45, 7) is 2.56. The van der Waals surface area contributed by atoms with Gasteiger partial charge in [0.1, 0.15) is 18.2 Å². The molecule has 29 heavy (non-hydrogen) atoms. The molecular formula is C21H20F2N4O2. The van der Waals surface area contributed by atoms with Gasteiger partial charge in [0.25, 0.3) is 0 Å². The van der Waals surface area contributed by atoms with Crippen molar-refractivity contribution in [1.29, 1.82) is 0 Å². The van der Waals surface area contributed by atoms with E-state index in [1.807, 2.05) is 30.3 Å². The number of benzene rings is 2. The zero-order valence-electron chi connectivity index (χ0n) is 15.6. The van der Waals surface area contributed by atoms with Gasteiger partial charge in [0, 0.05) is 30.9 Å². The van der Waals surface area contributed by atoms with Crippen LogP contribution in [0.4, 0.5) is 20.3 Å². The lowest BCUT2D eigenvalue weighted by Gasteiger charge is -2.27. The first-order valence-electron chi connectivity index (χ1n) is 9.30. The van der Waals surface area contributed by atoms with Crippen molar-refractivity contribution in [2.24, 2.45) is 0 Å². The van der Waals surface area contributed by atoms with Crippen molar-refractivity contribution in [3.63, 3.8) is 0 Å². The molecule has 0 aliphatic carbocycles. The summed E-state index contributed by atoms with van der Waals surface area (Å²) >= 11 is 0. The summed E-state index contributed by atoms with van der Waals surface area (Å²) in [6, 6.07) is 12.8. The van der Waals surface area contributed by atoms with Crippen molar-refractivity contribution < 1.29 is 18.3 Å². The fraction of sp³-hybridized carbons (Fsp3) is 0.238. The van der Waals surface area contributed by atoms with Crippen LogP contribution in [0.3, 0.4) is 0 Å². The minimum Gasteiger partial charge on any atom is -0.378 e. The van der Waals surface area contributed by atoms with Gasteiger partial charge in [0.05, 0.1) is 18.9 Å². The van der Waals surface area contributed by atoms with Crippen molar-refractivity contribution in [3.05, 3.63) is 66.4 Å². The zero-order chi connectivity index (χ0) is 20.2. The fourth-order valence-electron chi connectivity index (χ4n) is 3.25. The first kappa shape index (κ1) is 19.1. The monoisotopic (exact) mass is 398 g/mol. The Morgan fingerprint density at radius 2 is 1.86 bits per heavy atom. The molecule has 1 aliphatic heterocycles. The highest BCUT2D eigenvalue weighted by molar-refractivity contribution is 5.90. The van der Waals surface area contributed by atoms with Crippen molar-refractivity contribution in [2.75, 3.05) is 36.5 Å². The molecule has 1 aromatic heterocycles. The Hall–Kier alpha value is -3.26. The molecule has 4 rings (SSSR count). The molecule has 0 atom stereocenters. The van der Waals surface area contributed by atoms with Crippen LogP contribution in [0.15, 0.2) is 54.7 Å². The van der Waals surface area contributed by atoms with Gasteiger partial charge in [-0.25, -0.2) is 8.78 Å². The maximum absolute atomic E-state index is 13.8. The van der Waals surface area contributed by atoms with E-state index >= 15 is 0 Å². The second-order valence-electron chi connectivity index (χ2n) is 6.70. The summed E-state index contributed by atoms with van der Waals surface area (Å²) in [5.74, 6) is -1.19. The number of nitrogens with one attached hydrogen (secondary N) is 1. The van der Waals surface area contributed by atoms with Crippen LogP contribution in [0, 0.1) is 11.6 Å². The molecule has 2 aromatic carbocycles. The molecule has 0 unspecified atom stereocenters. The lowest BCUT2D eigenvalue weighted by atomic mass is 10.1. The predicted molar refractivity (Wildman–Crippen MR) is 106 cm³/mol. The van der Waals surface area contributed by atoms with E-state index < -0.39 is 17.5 Å². The van der Waals surface area contributed by atoms with Gasteiger partial charge in [0.2, 0.25) is 5.91 Å². The van der Waals surface area contributed by atoms with Crippen molar-refractivity contribution >= 4 is 17.4 Å². The smallest absolute Gasteiger partial charge is 0.246 e. The third-order valence-electron chi connectivity index (χ3n) is 4.65. The SMILES string of the molecule is O=C(Cn1cc(-c2ccccc2)c(N2CCOCC2)n1)Nc1ccc(F)cc1F. The van der Waals surface area contributed by atoms with Crippen LogP contribution in [0.1, 0.15) is 0 Å². The van der Waals surface area contributed by atoms with E-state index in [0.29, 0.717) is 26.3 Å². The van der Waals surface area contributed by atoms with E-state index in [1.165, 1.54) is 10.7 Å². The molecule has 6 nitrogen and oxygen atoms in total. The molecule has 0 saturated carbocycles. The quantitative estimate of drug-likeness (QED) is 0.717. The van der Waals surface area contributed by atoms with Crippen LogP contribution in [0.5, 0.6) is 0 Å². The normalized spacial score (nSPS) is 14.1. The number of hydrogen-bond donors (Lipinski definition) is 1. The van der Waals surface area contributed by atoms with Crippen molar-refractivity contribution in [1.82, 2.24) is 9.78 Å². The number of halogens is 2. The van der Waals surface area contributed by atoms with Crippen molar-refractivity contribution in [2.45, 2.75) is 6.54 Å². The van der Waals surface area contributed by atoms with Crippen LogP contribution in [-0.2, 0) is 16.1 Å².